The number of rotatable bonds is 3. The fourth-order valence-corrected chi connectivity index (χ4v) is 2.97. The number of benzene rings is 2. The Morgan fingerprint density at radius 1 is 1.14 bits per heavy atom. The van der Waals surface area contributed by atoms with Gasteiger partial charge in [0.25, 0.3) is 0 Å². The number of anilines is 1. The first-order chi connectivity index (χ1) is 10.1. The Labute approximate surface area is 131 Å². The van der Waals surface area contributed by atoms with Gasteiger partial charge in [0.15, 0.2) is 5.78 Å². The largest absolute Gasteiger partial charge is 0.315 e. The molecule has 0 spiro atoms. The Hall–Kier alpha value is -1.94. The smallest absolute Gasteiger partial charge is 0.234 e. The molecule has 0 radical (unpaired) electrons. The second-order valence-corrected chi connectivity index (χ2v) is 6.06. The fraction of sp³-hybridized carbons (Fsp3) is 0.176. The highest BCUT2D eigenvalue weighted by Gasteiger charge is 2.36. The van der Waals surface area contributed by atoms with Gasteiger partial charge in [-0.1, -0.05) is 46.3 Å². The van der Waals surface area contributed by atoms with E-state index in [4.69, 9.17) is 0 Å². The SMILES string of the molecule is CN1C(=O)[C@@H](CC(=O)c2ccc(Br)cc2)c2ccccc21. The number of carbonyl (C=O) groups is 2. The van der Waals surface area contributed by atoms with Crippen LogP contribution in [0.2, 0.25) is 0 Å². The van der Waals surface area contributed by atoms with Crippen molar-refractivity contribution in [2.24, 2.45) is 0 Å². The lowest BCUT2D eigenvalue weighted by atomic mass is 9.93. The van der Waals surface area contributed by atoms with E-state index in [1.807, 2.05) is 36.4 Å². The van der Waals surface area contributed by atoms with E-state index in [0.29, 0.717) is 5.56 Å². The molecule has 1 amide bonds. The molecule has 106 valence electrons. The van der Waals surface area contributed by atoms with E-state index in [1.54, 1.807) is 24.1 Å². The lowest BCUT2D eigenvalue weighted by Gasteiger charge is -2.10. The molecule has 0 fully saturated rings. The molecule has 0 bridgehead atoms. The number of carbonyl (C=O) groups excluding carboxylic acids is 2. The Balaban J connectivity index is 1.86. The van der Waals surface area contributed by atoms with E-state index in [1.165, 1.54) is 0 Å². The lowest BCUT2D eigenvalue weighted by molar-refractivity contribution is -0.119. The Morgan fingerprint density at radius 2 is 1.81 bits per heavy atom. The van der Waals surface area contributed by atoms with Crippen molar-refractivity contribution in [3.63, 3.8) is 0 Å². The Bertz CT molecular complexity index is 709. The number of Topliss-reactive ketones (excluding diaryl/α,β-unsaturated/α-hetero) is 1. The summed E-state index contributed by atoms with van der Waals surface area (Å²) in [6.45, 7) is 0. The van der Waals surface area contributed by atoms with Gasteiger partial charge in [0.1, 0.15) is 0 Å². The van der Waals surface area contributed by atoms with Gasteiger partial charge in [0.05, 0.1) is 5.92 Å². The summed E-state index contributed by atoms with van der Waals surface area (Å²) < 4.78 is 0.932. The van der Waals surface area contributed by atoms with Crippen LogP contribution in [0.5, 0.6) is 0 Å². The third kappa shape index (κ3) is 2.51. The van der Waals surface area contributed by atoms with Crippen molar-refractivity contribution in [3.8, 4) is 0 Å². The van der Waals surface area contributed by atoms with Crippen molar-refractivity contribution in [1.82, 2.24) is 0 Å². The van der Waals surface area contributed by atoms with Gasteiger partial charge in [-0.05, 0) is 23.8 Å². The number of ketones is 1. The van der Waals surface area contributed by atoms with Crippen molar-refractivity contribution in [2.75, 3.05) is 11.9 Å². The highest BCUT2D eigenvalue weighted by molar-refractivity contribution is 9.10. The fourth-order valence-electron chi connectivity index (χ4n) is 2.71. The van der Waals surface area contributed by atoms with Crippen molar-refractivity contribution in [1.29, 1.82) is 0 Å². The molecule has 2 aromatic rings. The number of halogens is 1. The van der Waals surface area contributed by atoms with E-state index in [-0.39, 0.29) is 24.0 Å². The molecule has 1 aliphatic heterocycles. The molecule has 3 rings (SSSR count). The van der Waals surface area contributed by atoms with Gasteiger partial charge in [0.2, 0.25) is 5.91 Å². The molecule has 3 nitrogen and oxygen atoms in total. The first kappa shape index (κ1) is 14.0. The first-order valence-corrected chi connectivity index (χ1v) is 7.52. The minimum Gasteiger partial charge on any atom is -0.315 e. The molecule has 0 aromatic heterocycles. The molecular formula is C17H14BrNO2. The van der Waals surface area contributed by atoms with Crippen LogP contribution in [0.25, 0.3) is 0 Å². The number of para-hydroxylation sites is 1. The zero-order valence-corrected chi connectivity index (χ0v) is 13.1. The lowest BCUT2D eigenvalue weighted by Crippen LogP contribution is -2.25. The maximum absolute atomic E-state index is 12.4. The van der Waals surface area contributed by atoms with Crippen molar-refractivity contribution in [2.45, 2.75) is 12.3 Å². The first-order valence-electron chi connectivity index (χ1n) is 6.73. The third-order valence-electron chi connectivity index (χ3n) is 3.86. The second-order valence-electron chi connectivity index (χ2n) is 5.14. The summed E-state index contributed by atoms with van der Waals surface area (Å²) in [5.41, 5.74) is 2.48. The minimum absolute atomic E-state index is 0.00838. The maximum Gasteiger partial charge on any atom is 0.234 e. The molecule has 1 aliphatic rings. The number of hydrogen-bond acceptors (Lipinski definition) is 2. The number of amides is 1. The number of hydrogen-bond donors (Lipinski definition) is 0. The molecular weight excluding hydrogens is 330 g/mol. The van der Waals surface area contributed by atoms with Crippen LogP contribution in [0, 0.1) is 0 Å². The normalized spacial score (nSPS) is 17.0. The van der Waals surface area contributed by atoms with E-state index >= 15 is 0 Å². The van der Waals surface area contributed by atoms with Crippen molar-refractivity contribution >= 4 is 33.3 Å². The van der Waals surface area contributed by atoms with Crippen LogP contribution in [0.3, 0.4) is 0 Å². The van der Waals surface area contributed by atoms with Crippen LogP contribution in [0.15, 0.2) is 53.0 Å². The van der Waals surface area contributed by atoms with E-state index in [9.17, 15) is 9.59 Å². The van der Waals surface area contributed by atoms with E-state index < -0.39 is 0 Å². The molecule has 4 heteroatoms. The monoisotopic (exact) mass is 343 g/mol. The summed E-state index contributed by atoms with van der Waals surface area (Å²) >= 11 is 3.35. The standard InChI is InChI=1S/C17H14BrNO2/c1-19-15-5-3-2-4-13(15)14(17(19)21)10-16(20)11-6-8-12(18)9-7-11/h2-9,14H,10H2,1H3/t14-/m0/s1. The van der Waals surface area contributed by atoms with Crippen LogP contribution in [-0.4, -0.2) is 18.7 Å². The van der Waals surface area contributed by atoms with Gasteiger partial charge >= 0.3 is 0 Å². The molecule has 0 N–H and O–H groups in total. The van der Waals surface area contributed by atoms with Crippen molar-refractivity contribution < 1.29 is 9.59 Å². The van der Waals surface area contributed by atoms with Crippen LogP contribution in [0.1, 0.15) is 28.3 Å². The summed E-state index contributed by atoms with van der Waals surface area (Å²) in [4.78, 5) is 26.4. The van der Waals surface area contributed by atoms with Gasteiger partial charge in [-0.2, -0.15) is 0 Å². The average molecular weight is 344 g/mol. The maximum atomic E-state index is 12.4. The predicted octanol–water partition coefficient (Wildman–Crippen LogP) is 3.78. The molecule has 0 unspecified atom stereocenters. The van der Waals surface area contributed by atoms with Gasteiger partial charge in [-0.25, -0.2) is 0 Å². The third-order valence-corrected chi connectivity index (χ3v) is 4.39. The molecule has 0 aliphatic carbocycles. The van der Waals surface area contributed by atoms with E-state index in [0.717, 1.165) is 15.7 Å². The molecule has 1 heterocycles. The van der Waals surface area contributed by atoms with Gasteiger partial charge in [0, 0.05) is 29.2 Å². The van der Waals surface area contributed by atoms with Gasteiger partial charge < -0.3 is 4.90 Å². The number of likely N-dealkylation sites (N-methyl/N-ethyl adjacent to an activating group) is 1. The summed E-state index contributed by atoms with van der Waals surface area (Å²) in [6.07, 6.45) is 0.210. The summed E-state index contributed by atoms with van der Waals surface area (Å²) in [5.74, 6) is -0.394. The van der Waals surface area contributed by atoms with Crippen LogP contribution >= 0.6 is 15.9 Å². The highest BCUT2D eigenvalue weighted by Crippen LogP contribution is 2.38. The van der Waals surface area contributed by atoms with Gasteiger partial charge in [-0.3, -0.25) is 9.59 Å². The zero-order chi connectivity index (χ0) is 15.0. The van der Waals surface area contributed by atoms with Crippen LogP contribution in [-0.2, 0) is 4.79 Å². The molecule has 2 aromatic carbocycles. The Kier molecular flexibility index (Phi) is 3.64. The topological polar surface area (TPSA) is 37.4 Å². The van der Waals surface area contributed by atoms with Crippen LogP contribution < -0.4 is 4.90 Å². The zero-order valence-electron chi connectivity index (χ0n) is 11.5. The molecule has 0 saturated carbocycles. The number of nitrogens with zero attached hydrogens (tertiary/aromatic N) is 1. The van der Waals surface area contributed by atoms with E-state index in [2.05, 4.69) is 15.9 Å². The van der Waals surface area contributed by atoms with Crippen molar-refractivity contribution in [3.05, 3.63) is 64.1 Å². The molecule has 1 atom stereocenters. The molecule has 0 saturated heterocycles. The summed E-state index contributed by atoms with van der Waals surface area (Å²) in [7, 11) is 1.76. The minimum atomic E-state index is -0.373. The quantitative estimate of drug-likeness (QED) is 0.795. The predicted molar refractivity (Wildman–Crippen MR) is 85.7 cm³/mol. The van der Waals surface area contributed by atoms with Gasteiger partial charge in [-0.15, -0.1) is 0 Å². The summed E-state index contributed by atoms with van der Waals surface area (Å²) in [5, 5.41) is 0. The number of fused-ring (bicyclic) bond motifs is 1. The molecule has 21 heavy (non-hydrogen) atoms. The Morgan fingerprint density at radius 3 is 2.52 bits per heavy atom. The highest BCUT2D eigenvalue weighted by atomic mass is 79.9. The summed E-state index contributed by atoms with van der Waals surface area (Å²) in [6, 6.07) is 14.9. The second kappa shape index (κ2) is 5.45. The average Bonchev–Trinajstić information content (AvgIpc) is 2.73. The van der Waals surface area contributed by atoms with Crippen LogP contribution in [0.4, 0.5) is 5.69 Å².